The molecule has 0 radical (unpaired) electrons. The molecule has 11 nitrogen and oxygen atoms in total. The van der Waals surface area contributed by atoms with Crippen LogP contribution in [0.25, 0.3) is 0 Å². The zero-order chi connectivity index (χ0) is 20.9. The van der Waals surface area contributed by atoms with Crippen LogP contribution in [0.2, 0.25) is 0 Å². The van der Waals surface area contributed by atoms with Gasteiger partial charge in [0.15, 0.2) is 14.2 Å². The van der Waals surface area contributed by atoms with Gasteiger partial charge >= 0.3 is 5.97 Å². The van der Waals surface area contributed by atoms with E-state index in [0.29, 0.717) is 30.8 Å². The third-order valence-electron chi connectivity index (χ3n) is 3.00. The van der Waals surface area contributed by atoms with E-state index in [2.05, 4.69) is 20.5 Å². The molecule has 0 fully saturated rings. The molecule has 28 heavy (non-hydrogen) atoms. The van der Waals surface area contributed by atoms with Gasteiger partial charge in [-0.2, -0.15) is 0 Å². The second-order valence-electron chi connectivity index (χ2n) is 5.28. The molecule has 0 aromatic carbocycles. The topological polar surface area (TPSA) is 175 Å². The van der Waals surface area contributed by atoms with Gasteiger partial charge in [-0.3, -0.25) is 14.6 Å². The Labute approximate surface area is 164 Å². The minimum absolute atomic E-state index is 0.0452. The van der Waals surface area contributed by atoms with Crippen molar-refractivity contribution in [3.63, 3.8) is 0 Å². The molecule has 0 spiro atoms. The summed E-state index contributed by atoms with van der Waals surface area (Å²) in [5.41, 5.74) is 12.4. The largest absolute Gasteiger partial charge is 0.481 e. The van der Waals surface area contributed by atoms with Crippen molar-refractivity contribution in [1.82, 2.24) is 4.98 Å². The van der Waals surface area contributed by atoms with Crippen LogP contribution in [0.3, 0.4) is 0 Å². The van der Waals surface area contributed by atoms with Gasteiger partial charge in [0.25, 0.3) is 0 Å². The zero-order valence-electron chi connectivity index (χ0n) is 15.8. The lowest BCUT2D eigenvalue weighted by atomic mass is 10.2. The van der Waals surface area contributed by atoms with Gasteiger partial charge in [0.2, 0.25) is 5.91 Å². The monoisotopic (exact) mass is 412 g/mol. The Morgan fingerprint density at radius 2 is 1.86 bits per heavy atom. The molecule has 1 heterocycles. The Morgan fingerprint density at radius 1 is 1.18 bits per heavy atom. The first kappa shape index (κ1) is 23.4. The standard InChI is InChI=1S/C16H25N6O5P/c1-3-26-28(27-4-2)10-13(17)21-22-16(18)12-6-5-11(9-19-12)20-14(23)7-8-15(24)25/h5-6,9H,3-4,7-8,10H2,1-2H3,(H2,17,21)(H2,18,22)(H,20,23)(H,24,25). The van der Waals surface area contributed by atoms with Crippen molar-refractivity contribution >= 4 is 37.6 Å². The van der Waals surface area contributed by atoms with Gasteiger partial charge in [0, 0.05) is 6.42 Å². The fourth-order valence-corrected chi connectivity index (χ4v) is 2.97. The van der Waals surface area contributed by atoms with E-state index in [4.69, 9.17) is 25.6 Å². The van der Waals surface area contributed by atoms with Gasteiger partial charge in [0.1, 0.15) is 11.5 Å². The van der Waals surface area contributed by atoms with Crippen LogP contribution in [0.4, 0.5) is 5.69 Å². The molecule has 0 saturated carbocycles. The quantitative estimate of drug-likeness (QED) is 0.172. The second-order valence-corrected chi connectivity index (χ2v) is 6.78. The number of amidine groups is 2. The van der Waals surface area contributed by atoms with E-state index >= 15 is 0 Å². The molecule has 0 aliphatic rings. The number of rotatable bonds is 12. The first-order valence-electron chi connectivity index (χ1n) is 8.52. The summed E-state index contributed by atoms with van der Waals surface area (Å²) in [5, 5.41) is 18.8. The summed E-state index contributed by atoms with van der Waals surface area (Å²) in [6.45, 7) is 4.74. The number of anilines is 1. The third kappa shape index (κ3) is 9.36. The number of amides is 1. The van der Waals surface area contributed by atoms with Gasteiger partial charge in [0.05, 0.1) is 37.7 Å². The Kier molecular flexibility index (Phi) is 10.6. The molecule has 0 unspecified atom stereocenters. The molecule has 1 rings (SSSR count). The van der Waals surface area contributed by atoms with Crippen LogP contribution in [-0.4, -0.2) is 53.0 Å². The number of nitrogens with one attached hydrogen (secondary N) is 1. The number of carbonyl (C=O) groups is 2. The highest BCUT2D eigenvalue weighted by atomic mass is 31.2. The number of carboxylic acid groups (broad SMARTS) is 1. The Hall–Kier alpha value is -2.62. The average Bonchev–Trinajstić information content (AvgIpc) is 2.65. The molecule has 12 heteroatoms. The van der Waals surface area contributed by atoms with Crippen molar-refractivity contribution in [2.45, 2.75) is 26.7 Å². The smallest absolute Gasteiger partial charge is 0.303 e. The number of aromatic nitrogens is 1. The fourth-order valence-electron chi connectivity index (χ4n) is 1.81. The maximum absolute atomic E-state index is 11.6. The van der Waals surface area contributed by atoms with Crippen LogP contribution in [-0.2, 0) is 18.6 Å². The van der Waals surface area contributed by atoms with E-state index in [0.717, 1.165) is 0 Å². The molecule has 0 atom stereocenters. The number of nitrogens with zero attached hydrogens (tertiary/aromatic N) is 3. The lowest BCUT2D eigenvalue weighted by molar-refractivity contribution is -0.138. The van der Waals surface area contributed by atoms with Crippen molar-refractivity contribution in [1.29, 1.82) is 0 Å². The summed E-state index contributed by atoms with van der Waals surface area (Å²) in [7, 11) is -1.16. The van der Waals surface area contributed by atoms with Crippen LogP contribution >= 0.6 is 8.38 Å². The minimum Gasteiger partial charge on any atom is -0.481 e. The van der Waals surface area contributed by atoms with Crippen LogP contribution in [0, 0.1) is 0 Å². The molecule has 154 valence electrons. The van der Waals surface area contributed by atoms with E-state index in [1.165, 1.54) is 6.20 Å². The molecule has 1 amide bonds. The lowest BCUT2D eigenvalue weighted by Gasteiger charge is -2.14. The minimum atomic E-state index is -1.16. The number of pyridine rings is 1. The molecule has 1 aromatic heterocycles. The SMILES string of the molecule is CCOP(C/C(N)=N/N=C(\N)c1ccc(NC(=O)CCC(=O)O)cn1)OCC. The molecule has 0 aliphatic carbocycles. The van der Waals surface area contributed by atoms with Gasteiger partial charge < -0.3 is 30.9 Å². The molecule has 0 aliphatic heterocycles. The maximum Gasteiger partial charge on any atom is 0.303 e. The molecular weight excluding hydrogens is 387 g/mol. The first-order chi connectivity index (χ1) is 13.3. The summed E-state index contributed by atoms with van der Waals surface area (Å²) < 4.78 is 10.9. The summed E-state index contributed by atoms with van der Waals surface area (Å²) in [5.74, 6) is -1.19. The molecule has 1 aromatic rings. The Bertz CT molecular complexity index is 704. The lowest BCUT2D eigenvalue weighted by Crippen LogP contribution is -2.19. The van der Waals surface area contributed by atoms with E-state index < -0.39 is 20.3 Å². The summed E-state index contributed by atoms with van der Waals surface area (Å²) in [4.78, 5) is 26.1. The predicted octanol–water partition coefficient (Wildman–Crippen LogP) is 1.25. The van der Waals surface area contributed by atoms with E-state index in [1.54, 1.807) is 12.1 Å². The number of hydrogen-bond donors (Lipinski definition) is 4. The normalized spacial score (nSPS) is 12.2. The van der Waals surface area contributed by atoms with Gasteiger partial charge in [-0.05, 0) is 26.0 Å². The van der Waals surface area contributed by atoms with Crippen molar-refractivity contribution in [2.24, 2.45) is 21.7 Å². The van der Waals surface area contributed by atoms with E-state index in [1.807, 2.05) is 13.8 Å². The Morgan fingerprint density at radius 3 is 2.39 bits per heavy atom. The molecule has 0 bridgehead atoms. The van der Waals surface area contributed by atoms with Crippen molar-refractivity contribution in [2.75, 3.05) is 24.7 Å². The highest BCUT2D eigenvalue weighted by Crippen LogP contribution is 2.37. The third-order valence-corrected chi connectivity index (χ3v) is 4.67. The predicted molar refractivity (Wildman–Crippen MR) is 107 cm³/mol. The zero-order valence-corrected chi connectivity index (χ0v) is 16.7. The summed E-state index contributed by atoms with van der Waals surface area (Å²) in [6.07, 6.45) is 1.32. The van der Waals surface area contributed by atoms with E-state index in [-0.39, 0.29) is 24.5 Å². The second kappa shape index (κ2) is 12.7. The number of aliphatic carboxylic acids is 1. The van der Waals surface area contributed by atoms with Crippen molar-refractivity contribution in [3.05, 3.63) is 24.0 Å². The molecule has 0 saturated heterocycles. The van der Waals surface area contributed by atoms with Crippen LogP contribution in [0.5, 0.6) is 0 Å². The van der Waals surface area contributed by atoms with Crippen LogP contribution in [0.1, 0.15) is 32.4 Å². The highest BCUT2D eigenvalue weighted by molar-refractivity contribution is 7.48. The number of hydrogen-bond acceptors (Lipinski definition) is 7. The fraction of sp³-hybridized carbons (Fsp3) is 0.438. The van der Waals surface area contributed by atoms with Crippen LogP contribution < -0.4 is 16.8 Å². The first-order valence-corrected chi connectivity index (χ1v) is 9.88. The van der Waals surface area contributed by atoms with Gasteiger partial charge in [-0.1, -0.05) is 0 Å². The number of nitrogens with two attached hydrogens (primary N) is 2. The maximum atomic E-state index is 11.6. The number of carbonyl (C=O) groups excluding carboxylic acids is 1. The van der Waals surface area contributed by atoms with Gasteiger partial charge in [-0.15, -0.1) is 10.2 Å². The average molecular weight is 412 g/mol. The highest BCUT2D eigenvalue weighted by Gasteiger charge is 2.11. The summed E-state index contributed by atoms with van der Waals surface area (Å²) >= 11 is 0. The van der Waals surface area contributed by atoms with Crippen LogP contribution in [0.15, 0.2) is 28.5 Å². The van der Waals surface area contributed by atoms with Gasteiger partial charge in [-0.25, -0.2) is 0 Å². The summed E-state index contributed by atoms with van der Waals surface area (Å²) in [6, 6.07) is 3.12. The molecular formula is C16H25N6O5P. The van der Waals surface area contributed by atoms with Crippen molar-refractivity contribution in [3.8, 4) is 0 Å². The number of carboxylic acids is 1. The van der Waals surface area contributed by atoms with E-state index in [9.17, 15) is 9.59 Å². The molecule has 6 N–H and O–H groups in total. The Balaban J connectivity index is 2.66. The van der Waals surface area contributed by atoms with Crippen molar-refractivity contribution < 1.29 is 23.7 Å².